The molecule has 3 amide bonds. The van der Waals surface area contributed by atoms with E-state index in [-0.39, 0.29) is 11.8 Å². The lowest BCUT2D eigenvalue weighted by atomic mass is 9.98. The van der Waals surface area contributed by atoms with E-state index >= 15 is 0 Å². The smallest absolute Gasteiger partial charge is 0.312 e. The average Bonchev–Trinajstić information content (AvgIpc) is 3.07. The number of carbonyl (C=O) groups is 2. The van der Waals surface area contributed by atoms with Crippen molar-refractivity contribution in [3.63, 3.8) is 0 Å². The molecule has 0 bridgehead atoms. The number of rotatable bonds is 7. The molecule has 0 aliphatic carbocycles. The Bertz CT molecular complexity index is 730. The number of carbonyl (C=O) groups excluding carboxylic acids is 2. The number of urea groups is 1. The van der Waals surface area contributed by atoms with Crippen molar-refractivity contribution in [3.05, 3.63) is 29.6 Å². The molecular weight excluding hydrogens is 340 g/mol. The summed E-state index contributed by atoms with van der Waals surface area (Å²) in [6.07, 6.45) is 0.729. The topological polar surface area (TPSA) is 106 Å². The van der Waals surface area contributed by atoms with Crippen LogP contribution in [0.2, 0.25) is 0 Å². The Hall–Kier alpha value is -2.61. The zero-order chi connectivity index (χ0) is 18.4. The highest BCUT2D eigenvalue weighted by Crippen LogP contribution is 2.26. The van der Waals surface area contributed by atoms with Gasteiger partial charge in [-0.1, -0.05) is 20.3 Å². The van der Waals surface area contributed by atoms with Gasteiger partial charge in [0.05, 0.1) is 12.8 Å². The third-order valence-electron chi connectivity index (χ3n) is 3.91. The fraction of sp³-hybridized carbons (Fsp3) is 0.353. The molecule has 1 heterocycles. The van der Waals surface area contributed by atoms with Gasteiger partial charge in [0.1, 0.15) is 11.8 Å². The number of aromatic nitrogens is 1. The second-order valence-electron chi connectivity index (χ2n) is 5.63. The molecule has 7 nitrogen and oxygen atoms in total. The lowest BCUT2D eigenvalue weighted by molar-refractivity contribution is -0.119. The SMILES string of the molecule is CC[C@H](C)[C@H](NC(N)=O)C(=O)Nc1nc(-c2ccc(OC)cc2)cs1. The van der Waals surface area contributed by atoms with Gasteiger partial charge in [-0.15, -0.1) is 11.3 Å². The molecule has 0 unspecified atom stereocenters. The minimum Gasteiger partial charge on any atom is -0.497 e. The number of hydrogen-bond donors (Lipinski definition) is 3. The summed E-state index contributed by atoms with van der Waals surface area (Å²) in [5, 5.41) is 7.57. The predicted molar refractivity (Wildman–Crippen MR) is 98.7 cm³/mol. The summed E-state index contributed by atoms with van der Waals surface area (Å²) in [7, 11) is 1.61. The van der Waals surface area contributed by atoms with E-state index in [1.165, 1.54) is 11.3 Å². The number of thiazole rings is 1. The van der Waals surface area contributed by atoms with Crippen molar-refractivity contribution in [2.24, 2.45) is 11.7 Å². The van der Waals surface area contributed by atoms with E-state index in [1.807, 2.05) is 43.5 Å². The summed E-state index contributed by atoms with van der Waals surface area (Å²) in [4.78, 5) is 28.0. The summed E-state index contributed by atoms with van der Waals surface area (Å²) >= 11 is 1.32. The monoisotopic (exact) mass is 362 g/mol. The molecule has 8 heteroatoms. The normalized spacial score (nSPS) is 12.9. The van der Waals surface area contributed by atoms with Crippen LogP contribution in [0.1, 0.15) is 20.3 Å². The number of anilines is 1. The van der Waals surface area contributed by atoms with Gasteiger partial charge in [-0.2, -0.15) is 0 Å². The summed E-state index contributed by atoms with van der Waals surface area (Å²) in [6.45, 7) is 3.82. The van der Waals surface area contributed by atoms with Crippen LogP contribution >= 0.6 is 11.3 Å². The van der Waals surface area contributed by atoms with Crippen LogP contribution in [0.3, 0.4) is 0 Å². The van der Waals surface area contributed by atoms with Gasteiger partial charge in [-0.05, 0) is 30.2 Å². The van der Waals surface area contributed by atoms with Gasteiger partial charge < -0.3 is 21.1 Å². The van der Waals surface area contributed by atoms with E-state index in [4.69, 9.17) is 10.5 Å². The number of benzene rings is 1. The Labute approximate surface area is 150 Å². The fourth-order valence-electron chi connectivity index (χ4n) is 2.26. The first-order valence-corrected chi connectivity index (χ1v) is 8.79. The Balaban J connectivity index is 2.10. The van der Waals surface area contributed by atoms with Crippen molar-refractivity contribution in [1.29, 1.82) is 0 Å². The minimum atomic E-state index is -0.724. The quantitative estimate of drug-likeness (QED) is 0.704. The maximum atomic E-state index is 12.4. The van der Waals surface area contributed by atoms with Crippen LogP contribution in [0.4, 0.5) is 9.93 Å². The van der Waals surface area contributed by atoms with Crippen LogP contribution in [0.5, 0.6) is 5.75 Å². The molecule has 0 fully saturated rings. The molecular formula is C17H22N4O3S. The third kappa shape index (κ3) is 4.93. The first-order chi connectivity index (χ1) is 11.9. The highest BCUT2D eigenvalue weighted by molar-refractivity contribution is 7.14. The van der Waals surface area contributed by atoms with E-state index in [9.17, 15) is 9.59 Å². The number of hydrogen-bond acceptors (Lipinski definition) is 5. The van der Waals surface area contributed by atoms with Gasteiger partial charge in [0, 0.05) is 10.9 Å². The number of primary amides is 1. The molecule has 0 spiro atoms. The van der Waals surface area contributed by atoms with Crippen LogP contribution in [-0.2, 0) is 4.79 Å². The van der Waals surface area contributed by atoms with Gasteiger partial charge in [-0.3, -0.25) is 4.79 Å². The molecule has 0 aliphatic rings. The fourth-order valence-corrected chi connectivity index (χ4v) is 2.99. The number of nitrogens with one attached hydrogen (secondary N) is 2. The van der Waals surface area contributed by atoms with Crippen molar-refractivity contribution < 1.29 is 14.3 Å². The Morgan fingerprint density at radius 2 is 2.00 bits per heavy atom. The van der Waals surface area contributed by atoms with E-state index in [1.54, 1.807) is 7.11 Å². The Morgan fingerprint density at radius 3 is 2.56 bits per heavy atom. The molecule has 1 aromatic carbocycles. The van der Waals surface area contributed by atoms with Crippen LogP contribution in [-0.4, -0.2) is 30.1 Å². The van der Waals surface area contributed by atoms with Crippen LogP contribution in [0, 0.1) is 5.92 Å². The van der Waals surface area contributed by atoms with Crippen molar-refractivity contribution >= 4 is 28.4 Å². The number of nitrogens with two attached hydrogens (primary N) is 1. The van der Waals surface area contributed by atoms with Gasteiger partial charge >= 0.3 is 6.03 Å². The first kappa shape index (κ1) is 18.7. The van der Waals surface area contributed by atoms with Gasteiger partial charge in [-0.25, -0.2) is 9.78 Å². The van der Waals surface area contributed by atoms with Crippen molar-refractivity contribution in [2.45, 2.75) is 26.3 Å². The van der Waals surface area contributed by atoms with E-state index in [2.05, 4.69) is 15.6 Å². The number of ether oxygens (including phenoxy) is 1. The van der Waals surface area contributed by atoms with Gasteiger partial charge in [0.25, 0.3) is 0 Å². The van der Waals surface area contributed by atoms with E-state index in [0.29, 0.717) is 5.13 Å². The largest absolute Gasteiger partial charge is 0.497 e. The van der Waals surface area contributed by atoms with Crippen molar-refractivity contribution in [1.82, 2.24) is 10.3 Å². The summed E-state index contributed by atoms with van der Waals surface area (Å²) < 4.78 is 5.13. The molecule has 0 saturated carbocycles. The third-order valence-corrected chi connectivity index (χ3v) is 4.67. The van der Waals surface area contributed by atoms with Gasteiger partial charge in [0.2, 0.25) is 5.91 Å². The minimum absolute atomic E-state index is 0.0477. The van der Waals surface area contributed by atoms with E-state index in [0.717, 1.165) is 23.4 Å². The predicted octanol–water partition coefficient (Wildman–Crippen LogP) is 2.84. The zero-order valence-corrected chi connectivity index (χ0v) is 15.2. The maximum Gasteiger partial charge on any atom is 0.312 e. The molecule has 134 valence electrons. The number of amides is 3. The standard InChI is InChI=1S/C17H22N4O3S/c1-4-10(2)14(20-16(18)23)15(22)21-17-19-13(9-25-17)11-5-7-12(24-3)8-6-11/h5-10,14H,4H2,1-3H3,(H3,18,20,23)(H,19,21,22)/t10-,14-/m0/s1. The van der Waals surface area contributed by atoms with Crippen molar-refractivity contribution in [3.8, 4) is 17.0 Å². The molecule has 1 aromatic heterocycles. The second kappa shape index (κ2) is 8.48. The number of nitrogens with zero attached hydrogens (tertiary/aromatic N) is 1. The summed E-state index contributed by atoms with van der Waals surface area (Å²) in [5.74, 6) is 0.388. The van der Waals surface area contributed by atoms with Crippen LogP contribution in [0.25, 0.3) is 11.3 Å². The zero-order valence-electron chi connectivity index (χ0n) is 14.4. The molecule has 2 atom stereocenters. The summed E-state index contributed by atoms with van der Waals surface area (Å²) in [6, 6.07) is 6.08. The average molecular weight is 362 g/mol. The highest BCUT2D eigenvalue weighted by Gasteiger charge is 2.25. The molecule has 0 radical (unpaired) electrons. The molecule has 2 rings (SSSR count). The van der Waals surface area contributed by atoms with E-state index < -0.39 is 12.1 Å². The first-order valence-electron chi connectivity index (χ1n) is 7.91. The number of methoxy groups -OCH3 is 1. The Morgan fingerprint density at radius 1 is 1.32 bits per heavy atom. The molecule has 25 heavy (non-hydrogen) atoms. The molecule has 2 aromatic rings. The molecule has 4 N–H and O–H groups in total. The lowest BCUT2D eigenvalue weighted by Gasteiger charge is -2.21. The maximum absolute atomic E-state index is 12.4. The van der Waals surface area contributed by atoms with Gasteiger partial charge in [0.15, 0.2) is 5.13 Å². The highest BCUT2D eigenvalue weighted by atomic mass is 32.1. The van der Waals surface area contributed by atoms with Crippen LogP contribution < -0.4 is 21.1 Å². The van der Waals surface area contributed by atoms with Crippen LogP contribution in [0.15, 0.2) is 29.6 Å². The summed E-state index contributed by atoms with van der Waals surface area (Å²) in [5.41, 5.74) is 6.85. The Kier molecular flexibility index (Phi) is 6.35. The molecule has 0 saturated heterocycles. The van der Waals surface area contributed by atoms with Crippen molar-refractivity contribution in [2.75, 3.05) is 12.4 Å². The lowest BCUT2D eigenvalue weighted by Crippen LogP contribution is -2.49. The molecule has 0 aliphatic heterocycles. The second-order valence-corrected chi connectivity index (χ2v) is 6.49.